The molecule has 7 nitrogen and oxygen atoms in total. The lowest BCUT2D eigenvalue weighted by Crippen LogP contribution is -2.49. The van der Waals surface area contributed by atoms with Crippen molar-refractivity contribution in [3.63, 3.8) is 0 Å². The lowest BCUT2D eigenvalue weighted by Gasteiger charge is -2.19. The summed E-state index contributed by atoms with van der Waals surface area (Å²) in [6.07, 6.45) is 1.80. The first-order valence-electron chi connectivity index (χ1n) is 8.08. The summed E-state index contributed by atoms with van der Waals surface area (Å²) >= 11 is 0. The van der Waals surface area contributed by atoms with Crippen LogP contribution in [0.3, 0.4) is 0 Å². The fraction of sp³-hybridized carbons (Fsp3) is 0.389. The van der Waals surface area contributed by atoms with Crippen LogP contribution in [0.1, 0.15) is 31.7 Å². The first-order valence-corrected chi connectivity index (χ1v) is 8.08. The molecule has 25 heavy (non-hydrogen) atoms. The number of aliphatic carboxylic acids is 1. The number of carbonyl (C=O) groups excluding carboxylic acids is 2. The van der Waals surface area contributed by atoms with Crippen molar-refractivity contribution >= 4 is 22.8 Å². The number of amides is 1. The van der Waals surface area contributed by atoms with Crippen LogP contribution in [0.5, 0.6) is 5.75 Å². The largest absolute Gasteiger partial charge is 0.548 e. The second kappa shape index (κ2) is 8.32. The Labute approximate surface area is 144 Å². The highest BCUT2D eigenvalue weighted by Gasteiger charge is 2.13. The Hall–Kier alpha value is -2.83. The Bertz CT molecular complexity index is 826. The molecule has 0 aliphatic rings. The Morgan fingerprint density at radius 1 is 1.32 bits per heavy atom. The van der Waals surface area contributed by atoms with Crippen LogP contribution >= 0.6 is 0 Å². The van der Waals surface area contributed by atoms with E-state index < -0.39 is 23.5 Å². The minimum atomic E-state index is -1.32. The van der Waals surface area contributed by atoms with E-state index in [9.17, 15) is 19.5 Å². The van der Waals surface area contributed by atoms with Crippen LogP contribution in [0.2, 0.25) is 0 Å². The van der Waals surface area contributed by atoms with Gasteiger partial charge < -0.3 is 24.4 Å². The van der Waals surface area contributed by atoms with Gasteiger partial charge >= 0.3 is 5.63 Å². The summed E-state index contributed by atoms with van der Waals surface area (Å²) in [6.45, 7) is 3.37. The fourth-order valence-corrected chi connectivity index (χ4v) is 2.44. The molecular weight excluding hydrogens is 326 g/mol. The highest BCUT2D eigenvalue weighted by molar-refractivity contribution is 5.84. The summed E-state index contributed by atoms with van der Waals surface area (Å²) in [5, 5.41) is 14.2. The van der Waals surface area contributed by atoms with E-state index >= 15 is 0 Å². The molecule has 1 aromatic heterocycles. The SMILES string of the molecule is CCCCC(NC(=O)COc1ccc2c(C)cc(=O)oc2c1)C(=O)[O-]. The van der Waals surface area contributed by atoms with E-state index in [4.69, 9.17) is 9.15 Å². The van der Waals surface area contributed by atoms with Gasteiger partial charge in [-0.3, -0.25) is 4.79 Å². The summed E-state index contributed by atoms with van der Waals surface area (Å²) in [7, 11) is 0. The summed E-state index contributed by atoms with van der Waals surface area (Å²) in [5.74, 6) is -1.53. The zero-order chi connectivity index (χ0) is 18.4. The molecule has 134 valence electrons. The second-order valence-corrected chi connectivity index (χ2v) is 5.78. The maximum Gasteiger partial charge on any atom is 0.336 e. The topological polar surface area (TPSA) is 109 Å². The van der Waals surface area contributed by atoms with E-state index in [1.54, 1.807) is 19.1 Å². The Balaban J connectivity index is 2.00. The number of ether oxygens (including phenoxy) is 1. The molecule has 1 aromatic carbocycles. The molecule has 0 aliphatic heterocycles. The molecule has 0 spiro atoms. The fourth-order valence-electron chi connectivity index (χ4n) is 2.44. The normalized spacial score (nSPS) is 11.9. The van der Waals surface area contributed by atoms with Crippen molar-refractivity contribution in [2.45, 2.75) is 39.2 Å². The van der Waals surface area contributed by atoms with E-state index in [2.05, 4.69) is 5.32 Å². The van der Waals surface area contributed by atoms with Crippen LogP contribution in [0.4, 0.5) is 0 Å². The molecule has 2 aromatic rings. The standard InChI is InChI=1S/C18H21NO6/c1-3-4-5-14(18(22)23)19-16(20)10-24-12-6-7-13-11(2)8-17(21)25-15(13)9-12/h6-9,14H,3-5,10H2,1-2H3,(H,19,20)(H,22,23)/p-1. The number of unbranched alkanes of at least 4 members (excludes halogenated alkanes) is 1. The van der Waals surface area contributed by atoms with Crippen molar-refractivity contribution < 1.29 is 23.8 Å². The summed E-state index contributed by atoms with van der Waals surface area (Å²) in [6, 6.07) is 5.26. The van der Waals surface area contributed by atoms with Crippen LogP contribution < -0.4 is 20.8 Å². The van der Waals surface area contributed by atoms with Crippen LogP contribution in [0.15, 0.2) is 33.5 Å². The van der Waals surface area contributed by atoms with Gasteiger partial charge in [0.1, 0.15) is 11.3 Å². The monoisotopic (exact) mass is 346 g/mol. The number of hydrogen-bond acceptors (Lipinski definition) is 6. The third-order valence-corrected chi connectivity index (χ3v) is 3.76. The first kappa shape index (κ1) is 18.5. The van der Waals surface area contributed by atoms with Gasteiger partial charge in [0.25, 0.3) is 5.91 Å². The number of fused-ring (bicyclic) bond motifs is 1. The molecule has 1 amide bonds. The number of rotatable bonds is 8. The third-order valence-electron chi connectivity index (χ3n) is 3.76. The van der Waals surface area contributed by atoms with E-state index in [-0.39, 0.29) is 6.61 Å². The Morgan fingerprint density at radius 2 is 2.08 bits per heavy atom. The van der Waals surface area contributed by atoms with Gasteiger partial charge in [-0.25, -0.2) is 4.79 Å². The number of aryl methyl sites for hydroxylation is 1. The molecule has 1 unspecified atom stereocenters. The van der Waals surface area contributed by atoms with E-state index in [1.807, 2.05) is 6.92 Å². The first-order chi connectivity index (χ1) is 11.9. The Kier molecular flexibility index (Phi) is 6.16. The van der Waals surface area contributed by atoms with Crippen LogP contribution in [0, 0.1) is 6.92 Å². The van der Waals surface area contributed by atoms with Gasteiger partial charge in [-0.1, -0.05) is 19.8 Å². The van der Waals surface area contributed by atoms with Crippen molar-refractivity contribution in [2.75, 3.05) is 6.61 Å². The molecule has 0 fully saturated rings. The van der Waals surface area contributed by atoms with Crippen molar-refractivity contribution in [2.24, 2.45) is 0 Å². The quantitative estimate of drug-likeness (QED) is 0.712. The van der Waals surface area contributed by atoms with Crippen molar-refractivity contribution in [3.8, 4) is 5.75 Å². The van der Waals surface area contributed by atoms with Gasteiger partial charge in [0.15, 0.2) is 6.61 Å². The molecular formula is C18H20NO6-. The molecule has 1 heterocycles. The molecule has 0 saturated heterocycles. The molecule has 2 rings (SSSR count). The summed E-state index contributed by atoms with van der Waals surface area (Å²) in [5.41, 5.74) is 0.675. The maximum absolute atomic E-state index is 11.9. The molecule has 0 saturated carbocycles. The second-order valence-electron chi connectivity index (χ2n) is 5.78. The van der Waals surface area contributed by atoms with E-state index in [1.165, 1.54) is 12.1 Å². The van der Waals surface area contributed by atoms with Gasteiger partial charge in [0.2, 0.25) is 0 Å². The molecule has 0 bridgehead atoms. The number of carbonyl (C=O) groups is 2. The average Bonchev–Trinajstić information content (AvgIpc) is 2.56. The average molecular weight is 346 g/mol. The highest BCUT2D eigenvalue weighted by atomic mass is 16.5. The smallest absolute Gasteiger partial charge is 0.336 e. The molecule has 0 aliphatic carbocycles. The number of carboxylic acid groups (broad SMARTS) is 1. The predicted octanol–water partition coefficient (Wildman–Crippen LogP) is 0.905. The molecule has 1 atom stereocenters. The number of hydrogen-bond donors (Lipinski definition) is 1. The van der Waals surface area contributed by atoms with Gasteiger partial charge in [-0.15, -0.1) is 0 Å². The van der Waals surface area contributed by atoms with Crippen molar-refractivity contribution in [1.82, 2.24) is 5.32 Å². The molecule has 0 radical (unpaired) electrons. The van der Waals surface area contributed by atoms with Crippen LogP contribution in [-0.2, 0) is 9.59 Å². The number of benzene rings is 1. The van der Waals surface area contributed by atoms with Crippen LogP contribution in [-0.4, -0.2) is 24.5 Å². The minimum absolute atomic E-state index is 0.310. The number of nitrogens with one attached hydrogen (secondary N) is 1. The van der Waals surface area contributed by atoms with Gasteiger partial charge in [-0.2, -0.15) is 0 Å². The van der Waals surface area contributed by atoms with Gasteiger partial charge in [0.05, 0.1) is 12.0 Å². The zero-order valence-electron chi connectivity index (χ0n) is 14.2. The van der Waals surface area contributed by atoms with Crippen molar-refractivity contribution in [1.29, 1.82) is 0 Å². The highest BCUT2D eigenvalue weighted by Crippen LogP contribution is 2.22. The lowest BCUT2D eigenvalue weighted by molar-refractivity contribution is -0.308. The van der Waals surface area contributed by atoms with Gasteiger partial charge in [-0.05, 0) is 31.0 Å². The number of carboxylic acids is 1. The minimum Gasteiger partial charge on any atom is -0.548 e. The predicted molar refractivity (Wildman–Crippen MR) is 89.2 cm³/mol. The summed E-state index contributed by atoms with van der Waals surface area (Å²) in [4.78, 5) is 34.3. The van der Waals surface area contributed by atoms with E-state index in [0.717, 1.165) is 17.4 Å². The lowest BCUT2D eigenvalue weighted by atomic mass is 10.1. The van der Waals surface area contributed by atoms with Crippen molar-refractivity contribution in [3.05, 3.63) is 40.2 Å². The third kappa shape index (κ3) is 5.07. The molecule has 1 N–H and O–H groups in total. The van der Waals surface area contributed by atoms with Gasteiger partial charge in [0, 0.05) is 17.5 Å². The maximum atomic E-state index is 11.9. The van der Waals surface area contributed by atoms with E-state index in [0.29, 0.717) is 24.2 Å². The Morgan fingerprint density at radius 3 is 2.76 bits per heavy atom. The molecule has 7 heteroatoms. The summed E-state index contributed by atoms with van der Waals surface area (Å²) < 4.78 is 10.5. The zero-order valence-corrected chi connectivity index (χ0v) is 14.2. The van der Waals surface area contributed by atoms with Crippen LogP contribution in [0.25, 0.3) is 11.0 Å².